The van der Waals surface area contributed by atoms with Crippen LogP contribution >= 0.6 is 12.4 Å². The minimum Gasteiger partial charge on any atom is -0.339 e. The van der Waals surface area contributed by atoms with Crippen molar-refractivity contribution < 1.29 is 4.52 Å². The summed E-state index contributed by atoms with van der Waals surface area (Å²) in [5.74, 6) is 1.86. The molecule has 3 rings (SSSR count). The Labute approximate surface area is 169 Å². The summed E-state index contributed by atoms with van der Waals surface area (Å²) in [4.78, 5) is 4.63. The van der Waals surface area contributed by atoms with E-state index in [9.17, 15) is 0 Å². The van der Waals surface area contributed by atoms with Gasteiger partial charge in [-0.25, -0.2) is 0 Å². The second-order valence-electron chi connectivity index (χ2n) is 7.57. The number of nitrogens with zero attached hydrogens (tertiary/aromatic N) is 2. The topological polar surface area (TPSA) is 51.0 Å². The molecule has 1 aliphatic rings. The summed E-state index contributed by atoms with van der Waals surface area (Å²) in [6.45, 7) is 4.31. The van der Waals surface area contributed by atoms with Crippen molar-refractivity contribution in [3.8, 4) is 11.4 Å². The van der Waals surface area contributed by atoms with Crippen LogP contribution in [0.5, 0.6) is 0 Å². The van der Waals surface area contributed by atoms with E-state index in [2.05, 4.69) is 46.6 Å². The number of rotatable bonds is 10. The van der Waals surface area contributed by atoms with E-state index in [0.29, 0.717) is 11.7 Å². The van der Waals surface area contributed by atoms with E-state index in [1.54, 1.807) is 0 Å². The maximum atomic E-state index is 5.51. The summed E-state index contributed by atoms with van der Waals surface area (Å²) in [5, 5.41) is 7.59. The number of aromatic nitrogens is 2. The number of hydrogen-bond donors (Lipinski definition) is 1. The number of benzene rings is 1. The number of hydrogen-bond acceptors (Lipinski definition) is 4. The van der Waals surface area contributed by atoms with Crippen molar-refractivity contribution in [1.29, 1.82) is 0 Å². The van der Waals surface area contributed by atoms with Gasteiger partial charge in [0.1, 0.15) is 0 Å². The molecule has 27 heavy (non-hydrogen) atoms. The van der Waals surface area contributed by atoms with Crippen molar-refractivity contribution in [3.63, 3.8) is 0 Å². The summed E-state index contributed by atoms with van der Waals surface area (Å²) in [5.41, 5.74) is 2.45. The van der Waals surface area contributed by atoms with E-state index in [0.717, 1.165) is 31.0 Å². The number of piperidine rings is 1. The monoisotopic (exact) mass is 391 g/mol. The molecule has 0 radical (unpaired) electrons. The Morgan fingerprint density at radius 2 is 1.78 bits per heavy atom. The first-order valence-corrected chi connectivity index (χ1v) is 10.5. The van der Waals surface area contributed by atoms with Crippen molar-refractivity contribution in [2.45, 2.75) is 77.0 Å². The van der Waals surface area contributed by atoms with Gasteiger partial charge in [0, 0.05) is 12.1 Å². The van der Waals surface area contributed by atoms with Crippen LogP contribution in [0.3, 0.4) is 0 Å². The predicted molar refractivity (Wildman–Crippen MR) is 114 cm³/mol. The maximum Gasteiger partial charge on any atom is 0.231 e. The molecular weight excluding hydrogens is 358 g/mol. The van der Waals surface area contributed by atoms with Crippen LogP contribution in [0.25, 0.3) is 11.4 Å². The molecule has 1 atom stereocenters. The fraction of sp³-hybridized carbons (Fsp3) is 0.636. The lowest BCUT2D eigenvalue weighted by Gasteiger charge is -2.18. The molecule has 2 aromatic rings. The number of halogens is 1. The zero-order chi connectivity index (χ0) is 18.0. The molecule has 4 nitrogen and oxygen atoms in total. The van der Waals surface area contributed by atoms with Gasteiger partial charge in [0.15, 0.2) is 0 Å². The summed E-state index contributed by atoms with van der Waals surface area (Å²) in [6.07, 6.45) is 13.0. The molecule has 0 amide bonds. The molecule has 150 valence electrons. The highest BCUT2D eigenvalue weighted by Crippen LogP contribution is 2.25. The van der Waals surface area contributed by atoms with E-state index in [-0.39, 0.29) is 12.4 Å². The Morgan fingerprint density at radius 3 is 2.48 bits per heavy atom. The van der Waals surface area contributed by atoms with E-state index in [1.807, 2.05) is 0 Å². The van der Waals surface area contributed by atoms with Gasteiger partial charge in [0.25, 0.3) is 0 Å². The Morgan fingerprint density at radius 1 is 1.04 bits per heavy atom. The molecule has 5 heteroatoms. The second-order valence-corrected chi connectivity index (χ2v) is 7.57. The molecule has 0 unspecified atom stereocenters. The van der Waals surface area contributed by atoms with Crippen LogP contribution in [0, 0.1) is 0 Å². The van der Waals surface area contributed by atoms with Crippen LogP contribution in [0.1, 0.15) is 82.1 Å². The van der Waals surface area contributed by atoms with Crippen LogP contribution in [-0.4, -0.2) is 23.2 Å². The molecule has 1 saturated heterocycles. The van der Waals surface area contributed by atoms with Crippen LogP contribution < -0.4 is 5.32 Å². The quantitative estimate of drug-likeness (QED) is 0.511. The lowest BCUT2D eigenvalue weighted by Crippen LogP contribution is -2.28. The summed E-state index contributed by atoms with van der Waals surface area (Å²) >= 11 is 0. The fourth-order valence-corrected chi connectivity index (χ4v) is 3.69. The van der Waals surface area contributed by atoms with Gasteiger partial charge in [-0.2, -0.15) is 4.98 Å². The van der Waals surface area contributed by atoms with Crippen molar-refractivity contribution in [2.75, 3.05) is 13.1 Å². The number of unbranched alkanes of at least 4 members (excludes halogenated alkanes) is 6. The van der Waals surface area contributed by atoms with Gasteiger partial charge in [0.05, 0.1) is 5.92 Å². The van der Waals surface area contributed by atoms with Crippen molar-refractivity contribution in [1.82, 2.24) is 15.5 Å². The van der Waals surface area contributed by atoms with Crippen molar-refractivity contribution in [2.24, 2.45) is 0 Å². The highest BCUT2D eigenvalue weighted by Gasteiger charge is 2.21. The minimum atomic E-state index is 0. The van der Waals surface area contributed by atoms with Gasteiger partial charge >= 0.3 is 0 Å². The summed E-state index contributed by atoms with van der Waals surface area (Å²) in [7, 11) is 0. The normalized spacial score (nSPS) is 16.9. The van der Waals surface area contributed by atoms with Crippen LogP contribution in [0.15, 0.2) is 28.8 Å². The van der Waals surface area contributed by atoms with E-state index in [1.165, 1.54) is 63.4 Å². The number of nitrogens with one attached hydrogen (secondary N) is 1. The third-order valence-corrected chi connectivity index (χ3v) is 5.37. The Bertz CT molecular complexity index is 635. The smallest absolute Gasteiger partial charge is 0.231 e. The Hall–Kier alpha value is -1.39. The first-order valence-electron chi connectivity index (χ1n) is 10.5. The average Bonchev–Trinajstić information content (AvgIpc) is 3.19. The van der Waals surface area contributed by atoms with Crippen LogP contribution in [0.2, 0.25) is 0 Å². The van der Waals surface area contributed by atoms with E-state index in [4.69, 9.17) is 4.52 Å². The Kier molecular flexibility index (Phi) is 9.85. The molecule has 1 fully saturated rings. The molecule has 0 spiro atoms. The summed E-state index contributed by atoms with van der Waals surface area (Å²) < 4.78 is 5.51. The zero-order valence-electron chi connectivity index (χ0n) is 16.6. The first-order chi connectivity index (χ1) is 12.9. The average molecular weight is 392 g/mol. The lowest BCUT2D eigenvalue weighted by atomic mass is 10.00. The van der Waals surface area contributed by atoms with Crippen molar-refractivity contribution >= 4 is 12.4 Å². The predicted octanol–water partition coefficient (Wildman–Crippen LogP) is 5.92. The van der Waals surface area contributed by atoms with E-state index < -0.39 is 0 Å². The lowest BCUT2D eigenvalue weighted by molar-refractivity contribution is 0.322. The molecule has 0 bridgehead atoms. The molecule has 2 heterocycles. The first kappa shape index (κ1) is 21.9. The largest absolute Gasteiger partial charge is 0.339 e. The SMILES string of the molecule is CCCCCCCCCc1ccc(-c2noc([C@@H]3CCCNC3)n2)cc1.Cl. The van der Waals surface area contributed by atoms with Gasteiger partial charge in [-0.3, -0.25) is 0 Å². The summed E-state index contributed by atoms with van der Waals surface area (Å²) in [6, 6.07) is 8.68. The number of aryl methyl sites for hydroxylation is 1. The maximum absolute atomic E-state index is 5.51. The van der Waals surface area contributed by atoms with Gasteiger partial charge in [0.2, 0.25) is 11.7 Å². The van der Waals surface area contributed by atoms with E-state index >= 15 is 0 Å². The molecule has 1 N–H and O–H groups in total. The fourth-order valence-electron chi connectivity index (χ4n) is 3.69. The highest BCUT2D eigenvalue weighted by atomic mass is 35.5. The van der Waals surface area contributed by atoms with Gasteiger partial charge in [-0.05, 0) is 37.8 Å². The van der Waals surface area contributed by atoms with Gasteiger partial charge in [-0.15, -0.1) is 12.4 Å². The Balaban J connectivity index is 0.00000261. The molecule has 1 aliphatic heterocycles. The molecule has 0 aliphatic carbocycles. The third-order valence-electron chi connectivity index (χ3n) is 5.37. The molecule has 1 aromatic carbocycles. The third kappa shape index (κ3) is 6.93. The van der Waals surface area contributed by atoms with Crippen molar-refractivity contribution in [3.05, 3.63) is 35.7 Å². The highest BCUT2D eigenvalue weighted by molar-refractivity contribution is 5.85. The molecular formula is C22H34ClN3O. The molecule has 0 saturated carbocycles. The standard InChI is InChI=1S/C22H33N3O.ClH/c1-2-3-4-5-6-7-8-10-18-12-14-19(15-13-18)21-24-22(26-25-21)20-11-9-16-23-17-20;/h12-15,20,23H,2-11,16-17H2,1H3;1H/t20-;/m1./s1. The van der Waals surface area contributed by atoms with Gasteiger partial charge in [-0.1, -0.05) is 74.9 Å². The van der Waals surface area contributed by atoms with Crippen LogP contribution in [-0.2, 0) is 6.42 Å². The van der Waals surface area contributed by atoms with Gasteiger partial charge < -0.3 is 9.84 Å². The zero-order valence-corrected chi connectivity index (χ0v) is 17.4. The van der Waals surface area contributed by atoms with Crippen LogP contribution in [0.4, 0.5) is 0 Å². The minimum absolute atomic E-state index is 0. The second kappa shape index (κ2) is 12.1. The molecule has 1 aromatic heterocycles.